The monoisotopic (exact) mass is 295 g/mol. The molecule has 1 heterocycles. The lowest BCUT2D eigenvalue weighted by molar-refractivity contribution is -0.0498. The summed E-state index contributed by atoms with van der Waals surface area (Å²) in [6.07, 6.45) is 4.54. The lowest BCUT2D eigenvalue weighted by Crippen LogP contribution is -2.25. The van der Waals surface area contributed by atoms with Crippen LogP contribution in [0, 0.1) is 0 Å². The molecule has 0 radical (unpaired) electrons. The molecule has 0 amide bonds. The van der Waals surface area contributed by atoms with Crippen LogP contribution in [0.4, 0.5) is 8.78 Å². The Morgan fingerprint density at radius 1 is 1.38 bits per heavy atom. The Bertz CT molecular complexity index is 572. The number of halogens is 2. The molecule has 1 aromatic heterocycles. The van der Waals surface area contributed by atoms with Crippen molar-refractivity contribution in [3.05, 3.63) is 48.0 Å². The molecule has 1 atom stereocenters. The van der Waals surface area contributed by atoms with E-state index in [0.717, 1.165) is 24.4 Å². The molecule has 0 spiro atoms. The van der Waals surface area contributed by atoms with Gasteiger partial charge in [-0.25, -0.2) is 4.98 Å². The van der Waals surface area contributed by atoms with Gasteiger partial charge in [0.05, 0.1) is 6.04 Å². The van der Waals surface area contributed by atoms with E-state index in [4.69, 9.17) is 0 Å². The summed E-state index contributed by atoms with van der Waals surface area (Å²) in [7, 11) is 1.91. The molecule has 2 aromatic rings. The zero-order chi connectivity index (χ0) is 15.2. The van der Waals surface area contributed by atoms with Crippen molar-refractivity contribution in [2.75, 3.05) is 6.54 Å². The van der Waals surface area contributed by atoms with Crippen LogP contribution in [0.25, 0.3) is 0 Å². The molecule has 1 unspecified atom stereocenters. The molecule has 114 valence electrons. The lowest BCUT2D eigenvalue weighted by atomic mass is 10.1. The average molecular weight is 295 g/mol. The van der Waals surface area contributed by atoms with Crippen LogP contribution >= 0.6 is 0 Å². The molecule has 2 rings (SSSR count). The molecular formula is C15H19F2N3O. The highest BCUT2D eigenvalue weighted by Gasteiger charge is 2.18. The van der Waals surface area contributed by atoms with Crippen LogP contribution in [0.1, 0.15) is 30.8 Å². The summed E-state index contributed by atoms with van der Waals surface area (Å²) in [6, 6.07) is 6.56. The lowest BCUT2D eigenvalue weighted by Gasteiger charge is -2.19. The summed E-state index contributed by atoms with van der Waals surface area (Å²) in [5.74, 6) is 0.984. The van der Waals surface area contributed by atoms with Gasteiger partial charge in [0, 0.05) is 19.4 Å². The van der Waals surface area contributed by atoms with Crippen LogP contribution in [-0.2, 0) is 7.05 Å². The van der Waals surface area contributed by atoms with Gasteiger partial charge in [-0.2, -0.15) is 8.78 Å². The Morgan fingerprint density at radius 3 is 2.81 bits per heavy atom. The normalized spacial score (nSPS) is 12.6. The zero-order valence-corrected chi connectivity index (χ0v) is 12.1. The van der Waals surface area contributed by atoms with E-state index in [2.05, 4.69) is 22.0 Å². The molecular weight excluding hydrogens is 276 g/mol. The number of aryl methyl sites for hydroxylation is 1. The van der Waals surface area contributed by atoms with Gasteiger partial charge in [0.2, 0.25) is 0 Å². The highest BCUT2D eigenvalue weighted by Crippen LogP contribution is 2.25. The highest BCUT2D eigenvalue weighted by atomic mass is 19.3. The molecule has 1 aromatic carbocycles. The molecule has 4 nitrogen and oxygen atoms in total. The molecule has 0 bridgehead atoms. The third-order valence-electron chi connectivity index (χ3n) is 3.13. The van der Waals surface area contributed by atoms with E-state index < -0.39 is 6.61 Å². The van der Waals surface area contributed by atoms with Crippen LogP contribution in [0.5, 0.6) is 5.75 Å². The fourth-order valence-corrected chi connectivity index (χ4v) is 2.17. The minimum atomic E-state index is -2.82. The highest BCUT2D eigenvalue weighted by molar-refractivity contribution is 5.33. The molecule has 0 fully saturated rings. The van der Waals surface area contributed by atoms with Gasteiger partial charge in [-0.15, -0.1) is 0 Å². The zero-order valence-electron chi connectivity index (χ0n) is 12.1. The van der Waals surface area contributed by atoms with Crippen molar-refractivity contribution < 1.29 is 13.5 Å². The van der Waals surface area contributed by atoms with Crippen LogP contribution in [-0.4, -0.2) is 22.7 Å². The second kappa shape index (κ2) is 7.17. The van der Waals surface area contributed by atoms with Crippen molar-refractivity contribution in [3.8, 4) is 5.75 Å². The Balaban J connectivity index is 2.30. The molecule has 1 N–H and O–H groups in total. The average Bonchev–Trinajstić information content (AvgIpc) is 2.85. The van der Waals surface area contributed by atoms with Crippen molar-refractivity contribution in [2.24, 2.45) is 7.05 Å². The van der Waals surface area contributed by atoms with Gasteiger partial charge < -0.3 is 14.6 Å². The smallest absolute Gasteiger partial charge is 0.387 e. The molecule has 0 saturated carbocycles. The Labute approximate surface area is 122 Å². The third kappa shape index (κ3) is 4.01. The number of imidazole rings is 1. The maximum atomic E-state index is 12.3. The van der Waals surface area contributed by atoms with Gasteiger partial charge in [-0.05, 0) is 30.7 Å². The molecule has 0 aliphatic carbocycles. The SMILES string of the molecule is CCCNC(c1cccc(OC(F)F)c1)c1nccn1C. The first-order valence-electron chi connectivity index (χ1n) is 6.87. The fourth-order valence-electron chi connectivity index (χ4n) is 2.17. The van der Waals surface area contributed by atoms with Crippen LogP contribution in [0.3, 0.4) is 0 Å². The third-order valence-corrected chi connectivity index (χ3v) is 3.13. The van der Waals surface area contributed by atoms with E-state index in [1.165, 1.54) is 6.07 Å². The molecule has 0 aliphatic heterocycles. The molecule has 6 heteroatoms. The van der Waals surface area contributed by atoms with Crippen molar-refractivity contribution in [1.82, 2.24) is 14.9 Å². The number of rotatable bonds is 7. The largest absolute Gasteiger partial charge is 0.435 e. The van der Waals surface area contributed by atoms with Crippen molar-refractivity contribution in [3.63, 3.8) is 0 Å². The second-order valence-electron chi connectivity index (χ2n) is 4.73. The summed E-state index contributed by atoms with van der Waals surface area (Å²) in [6.45, 7) is 0.0477. The summed E-state index contributed by atoms with van der Waals surface area (Å²) < 4.78 is 31.1. The maximum Gasteiger partial charge on any atom is 0.387 e. The van der Waals surface area contributed by atoms with E-state index in [-0.39, 0.29) is 11.8 Å². The topological polar surface area (TPSA) is 39.1 Å². The van der Waals surface area contributed by atoms with Gasteiger partial charge in [0.25, 0.3) is 0 Å². The number of hydrogen-bond acceptors (Lipinski definition) is 3. The first-order valence-corrected chi connectivity index (χ1v) is 6.87. The van der Waals surface area contributed by atoms with Gasteiger partial charge in [-0.1, -0.05) is 19.1 Å². The predicted octanol–water partition coefficient (Wildman–Crippen LogP) is 3.11. The number of benzene rings is 1. The molecule has 0 aliphatic rings. The van der Waals surface area contributed by atoms with Gasteiger partial charge in [0.1, 0.15) is 11.6 Å². The van der Waals surface area contributed by atoms with Gasteiger partial charge >= 0.3 is 6.61 Å². The number of alkyl halides is 2. The van der Waals surface area contributed by atoms with E-state index >= 15 is 0 Å². The first-order chi connectivity index (χ1) is 10.1. The quantitative estimate of drug-likeness (QED) is 0.853. The van der Waals surface area contributed by atoms with Crippen LogP contribution in [0.15, 0.2) is 36.7 Å². The Kier molecular flexibility index (Phi) is 5.27. The van der Waals surface area contributed by atoms with Crippen LogP contribution in [0.2, 0.25) is 0 Å². The van der Waals surface area contributed by atoms with Crippen molar-refractivity contribution in [1.29, 1.82) is 0 Å². The fraction of sp³-hybridized carbons (Fsp3) is 0.400. The van der Waals surface area contributed by atoms with E-state index in [1.807, 2.05) is 23.9 Å². The predicted molar refractivity (Wildman–Crippen MR) is 76.4 cm³/mol. The van der Waals surface area contributed by atoms with Crippen LogP contribution < -0.4 is 10.1 Å². The van der Waals surface area contributed by atoms with Gasteiger partial charge in [-0.3, -0.25) is 0 Å². The summed E-state index contributed by atoms with van der Waals surface area (Å²) in [5, 5.41) is 3.38. The second-order valence-corrected chi connectivity index (χ2v) is 4.73. The minimum absolute atomic E-state index is 0.153. The maximum absolute atomic E-state index is 12.3. The summed E-state index contributed by atoms with van der Waals surface area (Å²) in [4.78, 5) is 4.35. The van der Waals surface area contributed by atoms with E-state index in [1.54, 1.807) is 18.3 Å². The number of ether oxygens (including phenoxy) is 1. The standard InChI is InChI=1S/C15H19F2N3O/c1-3-7-18-13(14-19-8-9-20(14)2)11-5-4-6-12(10-11)21-15(16)17/h4-6,8-10,13,15,18H,3,7H2,1-2H3. The number of nitrogens with zero attached hydrogens (tertiary/aromatic N) is 2. The number of nitrogens with one attached hydrogen (secondary N) is 1. The summed E-state index contributed by atoms with van der Waals surface area (Å²) >= 11 is 0. The number of aromatic nitrogens is 2. The summed E-state index contributed by atoms with van der Waals surface area (Å²) in [5.41, 5.74) is 0.843. The van der Waals surface area contributed by atoms with Crippen molar-refractivity contribution >= 4 is 0 Å². The van der Waals surface area contributed by atoms with Crippen molar-refractivity contribution in [2.45, 2.75) is 26.0 Å². The van der Waals surface area contributed by atoms with E-state index in [0.29, 0.717) is 0 Å². The first kappa shape index (κ1) is 15.4. The Morgan fingerprint density at radius 2 is 2.19 bits per heavy atom. The minimum Gasteiger partial charge on any atom is -0.435 e. The Hall–Kier alpha value is -1.95. The van der Waals surface area contributed by atoms with Gasteiger partial charge in [0.15, 0.2) is 0 Å². The molecule has 0 saturated heterocycles. The number of hydrogen-bond donors (Lipinski definition) is 1. The molecule has 21 heavy (non-hydrogen) atoms. The van der Waals surface area contributed by atoms with E-state index in [9.17, 15) is 8.78 Å².